The number of para-hydroxylation sites is 1. The summed E-state index contributed by atoms with van der Waals surface area (Å²) in [6.45, 7) is 0. The van der Waals surface area contributed by atoms with Crippen LogP contribution in [0, 0.1) is 17.1 Å². The first-order chi connectivity index (χ1) is 10.1. The third-order valence-corrected chi connectivity index (χ3v) is 2.58. The fourth-order valence-corrected chi connectivity index (χ4v) is 1.60. The lowest BCUT2D eigenvalue weighted by atomic mass is 10.2. The van der Waals surface area contributed by atoms with Gasteiger partial charge < -0.3 is 10.6 Å². The predicted octanol–water partition coefficient (Wildman–Crippen LogP) is 2.27. The lowest BCUT2D eigenvalue weighted by molar-refractivity contribution is -0.133. The van der Waals surface area contributed by atoms with Crippen molar-refractivity contribution >= 4 is 23.2 Å². The fourth-order valence-electron chi connectivity index (χ4n) is 1.60. The van der Waals surface area contributed by atoms with Crippen LogP contribution < -0.4 is 10.6 Å². The molecule has 0 saturated heterocycles. The smallest absolute Gasteiger partial charge is 0.314 e. The van der Waals surface area contributed by atoms with Crippen molar-refractivity contribution < 1.29 is 14.0 Å². The van der Waals surface area contributed by atoms with Gasteiger partial charge in [0.15, 0.2) is 0 Å². The molecule has 2 rings (SSSR count). The number of benzene rings is 2. The Balaban J connectivity index is 2.05. The highest BCUT2D eigenvalue weighted by atomic mass is 19.1. The second kappa shape index (κ2) is 6.30. The summed E-state index contributed by atoms with van der Waals surface area (Å²) in [7, 11) is 0. The Hall–Kier alpha value is -3.20. The Morgan fingerprint density at radius 1 is 1.00 bits per heavy atom. The number of anilines is 2. The Kier molecular flexibility index (Phi) is 4.26. The van der Waals surface area contributed by atoms with Crippen LogP contribution in [0.4, 0.5) is 15.8 Å². The molecule has 0 saturated carbocycles. The zero-order valence-corrected chi connectivity index (χ0v) is 10.8. The quantitative estimate of drug-likeness (QED) is 0.829. The van der Waals surface area contributed by atoms with Gasteiger partial charge in [0.05, 0.1) is 17.3 Å². The van der Waals surface area contributed by atoms with Crippen LogP contribution in [0.15, 0.2) is 48.5 Å². The van der Waals surface area contributed by atoms with Crippen LogP contribution >= 0.6 is 0 Å². The number of amides is 2. The number of halogens is 1. The van der Waals surface area contributed by atoms with E-state index in [2.05, 4.69) is 10.6 Å². The van der Waals surface area contributed by atoms with Gasteiger partial charge in [-0.1, -0.05) is 18.2 Å². The van der Waals surface area contributed by atoms with Crippen LogP contribution in [0.1, 0.15) is 5.56 Å². The van der Waals surface area contributed by atoms with Gasteiger partial charge >= 0.3 is 11.8 Å². The van der Waals surface area contributed by atoms with Crippen molar-refractivity contribution in [2.75, 3.05) is 10.6 Å². The molecule has 0 aromatic heterocycles. The van der Waals surface area contributed by atoms with Gasteiger partial charge in [0.2, 0.25) is 0 Å². The van der Waals surface area contributed by atoms with Crippen molar-refractivity contribution in [2.24, 2.45) is 0 Å². The second-order valence-corrected chi connectivity index (χ2v) is 4.08. The summed E-state index contributed by atoms with van der Waals surface area (Å²) in [5.41, 5.74) is 0.577. The van der Waals surface area contributed by atoms with E-state index < -0.39 is 17.6 Å². The number of carbonyl (C=O) groups excluding carboxylic acids is 2. The molecule has 0 aliphatic heterocycles. The van der Waals surface area contributed by atoms with Crippen molar-refractivity contribution in [3.63, 3.8) is 0 Å². The van der Waals surface area contributed by atoms with E-state index in [0.717, 1.165) is 0 Å². The topological polar surface area (TPSA) is 82.0 Å². The minimum Gasteiger partial charge on any atom is -0.318 e. The van der Waals surface area contributed by atoms with E-state index in [1.807, 2.05) is 6.07 Å². The van der Waals surface area contributed by atoms with Gasteiger partial charge in [0, 0.05) is 5.69 Å². The molecule has 0 unspecified atom stereocenters. The van der Waals surface area contributed by atoms with Crippen LogP contribution in [-0.2, 0) is 9.59 Å². The Labute approximate surface area is 120 Å². The van der Waals surface area contributed by atoms with Crippen molar-refractivity contribution in [1.29, 1.82) is 5.26 Å². The van der Waals surface area contributed by atoms with Crippen LogP contribution in [0.2, 0.25) is 0 Å². The summed E-state index contributed by atoms with van der Waals surface area (Å²) < 4.78 is 13.4. The normalized spacial score (nSPS) is 9.52. The number of rotatable bonds is 2. The van der Waals surface area contributed by atoms with Crippen LogP contribution in [0.5, 0.6) is 0 Å². The maximum absolute atomic E-state index is 13.4. The first-order valence-electron chi connectivity index (χ1n) is 5.97. The van der Waals surface area contributed by atoms with Crippen molar-refractivity contribution in [3.05, 3.63) is 59.9 Å². The van der Waals surface area contributed by atoms with E-state index in [1.165, 1.54) is 36.4 Å². The minimum absolute atomic E-state index is 0.0802. The first-order valence-corrected chi connectivity index (χ1v) is 5.97. The average molecular weight is 283 g/mol. The molecule has 21 heavy (non-hydrogen) atoms. The van der Waals surface area contributed by atoms with Gasteiger partial charge in [0.1, 0.15) is 5.82 Å². The van der Waals surface area contributed by atoms with E-state index in [0.29, 0.717) is 11.3 Å². The summed E-state index contributed by atoms with van der Waals surface area (Å²) in [6.07, 6.45) is 0. The van der Waals surface area contributed by atoms with Gasteiger partial charge in [0.25, 0.3) is 0 Å². The van der Waals surface area contributed by atoms with Gasteiger partial charge in [-0.05, 0) is 30.3 Å². The first kappa shape index (κ1) is 14.2. The predicted molar refractivity (Wildman–Crippen MR) is 74.8 cm³/mol. The molecular formula is C15H10FN3O2. The van der Waals surface area contributed by atoms with Crippen molar-refractivity contribution in [1.82, 2.24) is 0 Å². The molecule has 2 amide bonds. The Bertz CT molecular complexity index is 738. The third-order valence-electron chi connectivity index (χ3n) is 2.58. The molecule has 6 heteroatoms. The SMILES string of the molecule is N#Cc1cccc(NC(=O)C(=O)Nc2ccccc2F)c1. The van der Waals surface area contributed by atoms with Gasteiger partial charge in [-0.3, -0.25) is 9.59 Å². The Morgan fingerprint density at radius 2 is 1.71 bits per heavy atom. The lowest BCUT2D eigenvalue weighted by Gasteiger charge is -2.07. The van der Waals surface area contributed by atoms with Crippen LogP contribution in [0.25, 0.3) is 0 Å². The molecule has 0 spiro atoms. The highest BCUT2D eigenvalue weighted by molar-refractivity contribution is 6.43. The summed E-state index contributed by atoms with van der Waals surface area (Å²) in [5.74, 6) is -2.58. The zero-order chi connectivity index (χ0) is 15.2. The maximum atomic E-state index is 13.4. The van der Waals surface area contributed by atoms with E-state index >= 15 is 0 Å². The summed E-state index contributed by atoms with van der Waals surface area (Å²) in [4.78, 5) is 23.4. The number of nitrogens with zero attached hydrogens (tertiary/aromatic N) is 1. The molecule has 5 nitrogen and oxygen atoms in total. The summed E-state index contributed by atoms with van der Waals surface area (Å²) in [5, 5.41) is 13.2. The molecule has 0 heterocycles. The fraction of sp³-hybridized carbons (Fsp3) is 0. The highest BCUT2D eigenvalue weighted by Gasteiger charge is 2.15. The number of hydrogen-bond donors (Lipinski definition) is 2. The van der Waals surface area contributed by atoms with E-state index in [9.17, 15) is 14.0 Å². The average Bonchev–Trinajstić information content (AvgIpc) is 2.49. The molecule has 0 fully saturated rings. The molecule has 0 radical (unpaired) electrons. The van der Waals surface area contributed by atoms with Crippen molar-refractivity contribution in [2.45, 2.75) is 0 Å². The maximum Gasteiger partial charge on any atom is 0.314 e. The van der Waals surface area contributed by atoms with Gasteiger partial charge in [-0.2, -0.15) is 5.26 Å². The monoisotopic (exact) mass is 283 g/mol. The lowest BCUT2D eigenvalue weighted by Crippen LogP contribution is -2.29. The minimum atomic E-state index is -0.998. The molecular weight excluding hydrogens is 273 g/mol. The summed E-state index contributed by atoms with van der Waals surface area (Å²) >= 11 is 0. The molecule has 0 bridgehead atoms. The number of carbonyl (C=O) groups is 2. The molecule has 2 N–H and O–H groups in total. The number of nitrogens with one attached hydrogen (secondary N) is 2. The molecule has 2 aromatic carbocycles. The van der Waals surface area contributed by atoms with Crippen LogP contribution in [0.3, 0.4) is 0 Å². The van der Waals surface area contributed by atoms with Crippen molar-refractivity contribution in [3.8, 4) is 6.07 Å². The molecule has 0 atom stereocenters. The largest absolute Gasteiger partial charge is 0.318 e. The molecule has 0 aliphatic rings. The second-order valence-electron chi connectivity index (χ2n) is 4.08. The molecule has 0 aliphatic carbocycles. The van der Waals surface area contributed by atoms with E-state index in [4.69, 9.17) is 5.26 Å². The third kappa shape index (κ3) is 3.64. The highest BCUT2D eigenvalue weighted by Crippen LogP contribution is 2.13. The zero-order valence-electron chi connectivity index (χ0n) is 10.8. The summed E-state index contributed by atoms with van der Waals surface area (Å²) in [6, 6.07) is 13.5. The van der Waals surface area contributed by atoms with Gasteiger partial charge in [-0.25, -0.2) is 4.39 Å². The molecule has 2 aromatic rings. The Morgan fingerprint density at radius 3 is 2.43 bits per heavy atom. The van der Waals surface area contributed by atoms with Gasteiger partial charge in [-0.15, -0.1) is 0 Å². The van der Waals surface area contributed by atoms with Crippen LogP contribution in [-0.4, -0.2) is 11.8 Å². The number of hydrogen-bond acceptors (Lipinski definition) is 3. The van der Waals surface area contributed by atoms with E-state index in [-0.39, 0.29) is 5.69 Å². The van der Waals surface area contributed by atoms with E-state index in [1.54, 1.807) is 12.1 Å². The number of nitriles is 1. The standard InChI is InChI=1S/C15H10FN3O2/c16-12-6-1-2-7-13(12)19-15(21)14(20)18-11-5-3-4-10(8-11)9-17/h1-8H,(H,18,20)(H,19,21). The molecule has 104 valence electrons.